The van der Waals surface area contributed by atoms with Crippen molar-refractivity contribution in [3.05, 3.63) is 28.6 Å². The molecule has 0 unspecified atom stereocenters. The highest BCUT2D eigenvalue weighted by Crippen LogP contribution is 2.23. The lowest BCUT2D eigenvalue weighted by atomic mass is 10.6. The maximum absolute atomic E-state index is 11.9. The average Bonchev–Trinajstić information content (AvgIpc) is 2.66. The Bertz CT molecular complexity index is 493. The van der Waals surface area contributed by atoms with Crippen LogP contribution in [0.5, 0.6) is 0 Å². The summed E-state index contributed by atoms with van der Waals surface area (Å²) in [5.74, 6) is 0. The molecule has 0 amide bonds. The van der Waals surface area contributed by atoms with Crippen LogP contribution >= 0.6 is 11.3 Å². The van der Waals surface area contributed by atoms with Crippen molar-refractivity contribution in [2.45, 2.75) is 4.21 Å². The van der Waals surface area contributed by atoms with Gasteiger partial charge in [-0.25, -0.2) is 8.42 Å². The van der Waals surface area contributed by atoms with Gasteiger partial charge in [-0.05, 0) is 11.4 Å². The van der Waals surface area contributed by atoms with Crippen LogP contribution in [0, 0.1) is 11.3 Å². The summed E-state index contributed by atoms with van der Waals surface area (Å²) in [5, 5.41) is 10.5. The van der Waals surface area contributed by atoms with E-state index < -0.39 is 9.84 Å². The van der Waals surface area contributed by atoms with Crippen LogP contribution in [-0.4, -0.2) is 27.4 Å². The summed E-state index contributed by atoms with van der Waals surface area (Å²) in [7, 11) is -0.290. The molecule has 1 heterocycles. The molecule has 1 aromatic heterocycles. The minimum atomic E-state index is -3.63. The first-order chi connectivity index (χ1) is 6.98. The predicted octanol–water partition coefficient (Wildman–Crippen LogP) is 1.45. The van der Waals surface area contributed by atoms with Gasteiger partial charge in [0.1, 0.15) is 10.3 Å². The molecule has 0 saturated carbocycles. The topological polar surface area (TPSA) is 61.2 Å². The largest absolute Gasteiger partial charge is 0.382 e. The van der Waals surface area contributed by atoms with Crippen molar-refractivity contribution in [3.8, 4) is 6.07 Å². The van der Waals surface area contributed by atoms with Crippen LogP contribution < -0.4 is 0 Å². The smallest absolute Gasteiger partial charge is 0.227 e. The van der Waals surface area contributed by atoms with Gasteiger partial charge in [0.2, 0.25) is 9.84 Å². The third-order valence-electron chi connectivity index (χ3n) is 1.54. The molecule has 0 bridgehead atoms. The predicted molar refractivity (Wildman–Crippen MR) is 58.9 cm³/mol. The number of hydrogen-bond acceptors (Lipinski definition) is 5. The maximum Gasteiger partial charge on any atom is 0.227 e. The quantitative estimate of drug-likeness (QED) is 0.753. The van der Waals surface area contributed by atoms with Gasteiger partial charge in [0.05, 0.1) is 0 Å². The molecule has 0 saturated heterocycles. The van der Waals surface area contributed by atoms with Gasteiger partial charge < -0.3 is 4.90 Å². The fourth-order valence-electron chi connectivity index (χ4n) is 0.918. The number of nitriles is 1. The fourth-order valence-corrected chi connectivity index (χ4v) is 3.25. The molecule has 0 radical (unpaired) electrons. The lowest BCUT2D eigenvalue weighted by molar-refractivity contribution is 0.559. The monoisotopic (exact) mass is 242 g/mol. The molecule has 0 aliphatic heterocycles. The van der Waals surface area contributed by atoms with Crippen LogP contribution in [0.4, 0.5) is 0 Å². The maximum atomic E-state index is 11.9. The summed E-state index contributed by atoms with van der Waals surface area (Å²) in [6, 6.07) is 4.83. The van der Waals surface area contributed by atoms with E-state index in [2.05, 4.69) is 0 Å². The zero-order valence-corrected chi connectivity index (χ0v) is 9.97. The minimum Gasteiger partial charge on any atom is -0.382 e. The molecule has 0 aliphatic rings. The van der Waals surface area contributed by atoms with Crippen LogP contribution in [0.3, 0.4) is 0 Å². The Kier molecular flexibility index (Phi) is 3.50. The molecule has 4 nitrogen and oxygen atoms in total. The summed E-state index contributed by atoms with van der Waals surface area (Å²) < 4.78 is 23.9. The van der Waals surface area contributed by atoms with E-state index in [9.17, 15) is 8.42 Å². The summed E-state index contributed by atoms with van der Waals surface area (Å²) in [5.41, 5.74) is 0. The van der Waals surface area contributed by atoms with Crippen molar-refractivity contribution in [1.29, 1.82) is 5.26 Å². The molecule has 0 N–H and O–H groups in total. The Labute approximate surface area is 93.0 Å². The second-order valence-electron chi connectivity index (χ2n) is 3.00. The van der Waals surface area contributed by atoms with Gasteiger partial charge in [0.15, 0.2) is 4.91 Å². The van der Waals surface area contributed by atoms with Gasteiger partial charge in [-0.3, -0.25) is 0 Å². The number of nitrogens with zero attached hydrogens (tertiary/aromatic N) is 2. The molecular formula is C9H10N2O2S2. The van der Waals surface area contributed by atoms with Crippen molar-refractivity contribution >= 4 is 21.2 Å². The second-order valence-corrected chi connectivity index (χ2v) is 6.10. The molecule has 0 aromatic carbocycles. The number of sulfone groups is 1. The normalized spacial score (nSPS) is 12.2. The SMILES string of the molecule is CN(C)C=C(C#N)S(=O)(=O)c1cccs1. The summed E-state index contributed by atoms with van der Waals surface area (Å²) >= 11 is 1.10. The van der Waals surface area contributed by atoms with E-state index in [1.165, 1.54) is 17.2 Å². The molecule has 0 spiro atoms. The van der Waals surface area contributed by atoms with Gasteiger partial charge in [0, 0.05) is 20.3 Å². The van der Waals surface area contributed by atoms with E-state index in [-0.39, 0.29) is 9.11 Å². The van der Waals surface area contributed by atoms with Crippen LogP contribution in [0.1, 0.15) is 0 Å². The van der Waals surface area contributed by atoms with Gasteiger partial charge >= 0.3 is 0 Å². The first kappa shape index (κ1) is 11.8. The Balaban J connectivity index is 3.23. The Morgan fingerprint density at radius 3 is 2.67 bits per heavy atom. The number of rotatable bonds is 3. The second kappa shape index (κ2) is 4.47. The number of allylic oxidation sites excluding steroid dienone is 1. The van der Waals surface area contributed by atoms with Crippen LogP contribution in [0.25, 0.3) is 0 Å². The summed E-state index contributed by atoms with van der Waals surface area (Å²) in [6.07, 6.45) is 1.30. The van der Waals surface area contributed by atoms with Gasteiger partial charge in [0.25, 0.3) is 0 Å². The Morgan fingerprint density at radius 1 is 1.60 bits per heavy atom. The van der Waals surface area contributed by atoms with Crippen molar-refractivity contribution in [1.82, 2.24) is 4.90 Å². The van der Waals surface area contributed by atoms with Crippen LogP contribution in [0.2, 0.25) is 0 Å². The Morgan fingerprint density at radius 2 is 2.27 bits per heavy atom. The molecule has 1 rings (SSSR count). The van der Waals surface area contributed by atoms with Gasteiger partial charge in [-0.1, -0.05) is 6.07 Å². The molecular weight excluding hydrogens is 232 g/mol. The van der Waals surface area contributed by atoms with E-state index in [4.69, 9.17) is 5.26 Å². The van der Waals surface area contributed by atoms with E-state index >= 15 is 0 Å². The lowest BCUT2D eigenvalue weighted by Crippen LogP contribution is -2.08. The van der Waals surface area contributed by atoms with E-state index in [0.29, 0.717) is 0 Å². The highest BCUT2D eigenvalue weighted by atomic mass is 32.2. The molecule has 6 heteroatoms. The van der Waals surface area contributed by atoms with E-state index in [0.717, 1.165) is 11.3 Å². The third-order valence-corrected chi connectivity index (χ3v) is 4.59. The zero-order chi connectivity index (χ0) is 11.5. The minimum absolute atomic E-state index is 0.192. The number of hydrogen-bond donors (Lipinski definition) is 0. The molecule has 15 heavy (non-hydrogen) atoms. The van der Waals surface area contributed by atoms with E-state index in [1.54, 1.807) is 31.6 Å². The summed E-state index contributed by atoms with van der Waals surface area (Å²) in [4.78, 5) is 1.29. The van der Waals surface area contributed by atoms with Crippen molar-refractivity contribution in [2.75, 3.05) is 14.1 Å². The van der Waals surface area contributed by atoms with Gasteiger partial charge in [-0.2, -0.15) is 5.26 Å². The molecule has 1 aromatic rings. The number of thiophene rings is 1. The molecule has 0 atom stereocenters. The first-order valence-corrected chi connectivity index (χ1v) is 6.41. The van der Waals surface area contributed by atoms with Crippen molar-refractivity contribution < 1.29 is 8.42 Å². The zero-order valence-electron chi connectivity index (χ0n) is 8.34. The molecule has 0 aliphatic carbocycles. The van der Waals surface area contributed by atoms with Gasteiger partial charge in [-0.15, -0.1) is 11.3 Å². The molecule has 0 fully saturated rings. The van der Waals surface area contributed by atoms with Crippen LogP contribution in [0.15, 0.2) is 32.8 Å². The molecule has 80 valence electrons. The Hall–Kier alpha value is -1.32. The van der Waals surface area contributed by atoms with E-state index in [1.807, 2.05) is 0 Å². The van der Waals surface area contributed by atoms with Crippen molar-refractivity contribution in [2.24, 2.45) is 0 Å². The standard InChI is InChI=1S/C9H10N2O2S2/c1-11(2)7-8(6-10)15(12,13)9-4-3-5-14-9/h3-5,7H,1-2H3. The third kappa shape index (κ3) is 2.58. The lowest BCUT2D eigenvalue weighted by Gasteiger charge is -2.06. The highest BCUT2D eigenvalue weighted by Gasteiger charge is 2.21. The fraction of sp³-hybridized carbons (Fsp3) is 0.222. The summed E-state index contributed by atoms with van der Waals surface area (Å²) in [6.45, 7) is 0. The first-order valence-electron chi connectivity index (χ1n) is 4.05. The average molecular weight is 242 g/mol. The van der Waals surface area contributed by atoms with Crippen LogP contribution in [-0.2, 0) is 9.84 Å². The highest BCUT2D eigenvalue weighted by molar-refractivity contribution is 7.97. The van der Waals surface area contributed by atoms with Crippen molar-refractivity contribution in [3.63, 3.8) is 0 Å².